The van der Waals surface area contributed by atoms with Gasteiger partial charge in [0.2, 0.25) is 0 Å². The summed E-state index contributed by atoms with van der Waals surface area (Å²) in [5.74, 6) is 2.21. The average Bonchev–Trinajstić information content (AvgIpc) is 3.12. The topological polar surface area (TPSA) is 65.9 Å². The number of aromatic nitrogens is 1. The fourth-order valence-corrected chi connectivity index (χ4v) is 3.23. The van der Waals surface area contributed by atoms with Crippen molar-refractivity contribution in [3.05, 3.63) is 22.9 Å². The minimum atomic E-state index is 0.224. The summed E-state index contributed by atoms with van der Waals surface area (Å²) in [5, 5.41) is 9.36. The highest BCUT2D eigenvalue weighted by Crippen LogP contribution is 2.42. The third-order valence-corrected chi connectivity index (χ3v) is 4.38. The molecule has 0 amide bonds. The molecule has 0 bridgehead atoms. The minimum Gasteiger partial charge on any atom is -0.354 e. The lowest BCUT2D eigenvalue weighted by Crippen LogP contribution is -2.30. The predicted octanol–water partition coefficient (Wildman–Crippen LogP) is 1.74. The summed E-state index contributed by atoms with van der Waals surface area (Å²) < 4.78 is 0. The summed E-state index contributed by atoms with van der Waals surface area (Å²) in [6, 6.07) is 4.49. The Morgan fingerprint density at radius 1 is 1.37 bits per heavy atom. The van der Waals surface area contributed by atoms with Crippen molar-refractivity contribution in [2.24, 2.45) is 17.6 Å². The molecular weight excluding hydrogens is 236 g/mol. The zero-order valence-corrected chi connectivity index (χ0v) is 11.6. The Balaban J connectivity index is 1.92. The van der Waals surface area contributed by atoms with Crippen LogP contribution in [0.4, 0.5) is 5.82 Å². The highest BCUT2D eigenvalue weighted by molar-refractivity contribution is 5.59. The predicted molar refractivity (Wildman–Crippen MR) is 74.8 cm³/mol. The van der Waals surface area contributed by atoms with Gasteiger partial charge in [-0.3, -0.25) is 0 Å². The zero-order valence-electron chi connectivity index (χ0n) is 11.6. The lowest BCUT2D eigenvalue weighted by molar-refractivity contribution is 0.456. The molecule has 2 aliphatic rings. The Labute approximate surface area is 114 Å². The highest BCUT2D eigenvalue weighted by atomic mass is 15.2. The first-order valence-corrected chi connectivity index (χ1v) is 6.99. The Morgan fingerprint density at radius 2 is 2.11 bits per heavy atom. The van der Waals surface area contributed by atoms with Crippen molar-refractivity contribution in [2.45, 2.75) is 32.7 Å². The molecule has 1 aromatic rings. The molecule has 2 heterocycles. The number of rotatable bonds is 2. The molecule has 1 saturated heterocycles. The van der Waals surface area contributed by atoms with Crippen molar-refractivity contribution in [3.63, 3.8) is 0 Å². The van der Waals surface area contributed by atoms with Crippen molar-refractivity contribution in [1.82, 2.24) is 4.98 Å². The van der Waals surface area contributed by atoms with Gasteiger partial charge in [-0.05, 0) is 50.2 Å². The second-order valence-corrected chi connectivity index (χ2v) is 5.96. The number of pyridine rings is 1. The minimum absolute atomic E-state index is 0.224. The number of hydrogen-bond donors (Lipinski definition) is 1. The molecule has 1 saturated carbocycles. The molecule has 3 rings (SSSR count). The molecule has 0 radical (unpaired) electrons. The second kappa shape index (κ2) is 4.50. The van der Waals surface area contributed by atoms with E-state index in [1.54, 1.807) is 0 Å². The average molecular weight is 256 g/mol. The fourth-order valence-electron chi connectivity index (χ4n) is 3.23. The van der Waals surface area contributed by atoms with Crippen LogP contribution in [0.15, 0.2) is 6.07 Å². The number of hydrogen-bond acceptors (Lipinski definition) is 4. The Kier molecular flexibility index (Phi) is 2.94. The number of aryl methyl sites for hydroxylation is 2. The van der Waals surface area contributed by atoms with Crippen LogP contribution in [0.25, 0.3) is 0 Å². The summed E-state index contributed by atoms with van der Waals surface area (Å²) in [6.45, 7) is 5.74. The Bertz CT molecular complexity index is 542. The molecule has 0 aromatic carbocycles. The number of anilines is 1. The van der Waals surface area contributed by atoms with E-state index in [0.29, 0.717) is 11.5 Å². The van der Waals surface area contributed by atoms with Gasteiger partial charge in [0.15, 0.2) is 0 Å². The standard InChI is InChI=1S/C15H20N4/c1-9-5-10(2)18-15(12(9)6-16)19-7-13(11-3-4-11)14(17)8-19/h5,11,13-14H,3-4,7-8,17H2,1-2H3/t13-,14+/m1/s1. The van der Waals surface area contributed by atoms with E-state index < -0.39 is 0 Å². The molecule has 1 aliphatic heterocycles. The summed E-state index contributed by atoms with van der Waals surface area (Å²) in [4.78, 5) is 6.80. The summed E-state index contributed by atoms with van der Waals surface area (Å²) in [6.07, 6.45) is 2.63. The Morgan fingerprint density at radius 3 is 2.74 bits per heavy atom. The van der Waals surface area contributed by atoms with Crippen LogP contribution in [0.5, 0.6) is 0 Å². The van der Waals surface area contributed by atoms with E-state index in [4.69, 9.17) is 5.73 Å². The van der Waals surface area contributed by atoms with Crippen LogP contribution < -0.4 is 10.6 Å². The SMILES string of the molecule is Cc1cc(C)c(C#N)c(N2C[C@H](C3CC3)[C@@H](N)C2)n1. The van der Waals surface area contributed by atoms with Gasteiger partial charge in [0.25, 0.3) is 0 Å². The van der Waals surface area contributed by atoms with E-state index in [9.17, 15) is 5.26 Å². The lowest BCUT2D eigenvalue weighted by atomic mass is 9.99. The molecule has 0 spiro atoms. The second-order valence-electron chi connectivity index (χ2n) is 5.96. The molecule has 2 N–H and O–H groups in total. The van der Waals surface area contributed by atoms with E-state index in [1.165, 1.54) is 12.8 Å². The van der Waals surface area contributed by atoms with Crippen molar-refractivity contribution in [3.8, 4) is 6.07 Å². The van der Waals surface area contributed by atoms with Gasteiger partial charge in [0, 0.05) is 24.8 Å². The molecule has 4 heteroatoms. The Hall–Kier alpha value is -1.60. The van der Waals surface area contributed by atoms with Crippen LogP contribution in [0.1, 0.15) is 29.7 Å². The number of nitrogens with two attached hydrogens (primary N) is 1. The van der Waals surface area contributed by atoms with Gasteiger partial charge in [0.1, 0.15) is 11.9 Å². The van der Waals surface area contributed by atoms with Gasteiger partial charge >= 0.3 is 0 Å². The van der Waals surface area contributed by atoms with Crippen molar-refractivity contribution in [2.75, 3.05) is 18.0 Å². The van der Waals surface area contributed by atoms with E-state index in [1.807, 2.05) is 19.9 Å². The summed E-state index contributed by atoms with van der Waals surface area (Å²) in [5.41, 5.74) is 8.94. The maximum Gasteiger partial charge on any atom is 0.147 e. The molecule has 1 aromatic heterocycles. The van der Waals surface area contributed by atoms with Crippen LogP contribution in [-0.4, -0.2) is 24.1 Å². The van der Waals surface area contributed by atoms with Gasteiger partial charge < -0.3 is 10.6 Å². The normalized spacial score (nSPS) is 26.5. The monoisotopic (exact) mass is 256 g/mol. The molecule has 1 aliphatic carbocycles. The van der Waals surface area contributed by atoms with Gasteiger partial charge in [-0.1, -0.05) is 0 Å². The molecule has 19 heavy (non-hydrogen) atoms. The van der Waals surface area contributed by atoms with Crippen LogP contribution in [0, 0.1) is 37.0 Å². The molecule has 0 unspecified atom stereocenters. The van der Waals surface area contributed by atoms with Crippen LogP contribution in [-0.2, 0) is 0 Å². The summed E-state index contributed by atoms with van der Waals surface area (Å²) >= 11 is 0. The van der Waals surface area contributed by atoms with Gasteiger partial charge in [-0.2, -0.15) is 5.26 Å². The molecule has 2 atom stereocenters. The first kappa shape index (κ1) is 12.4. The fraction of sp³-hybridized carbons (Fsp3) is 0.600. The third kappa shape index (κ3) is 2.19. The molecular formula is C15H20N4. The van der Waals surface area contributed by atoms with Crippen LogP contribution in [0.2, 0.25) is 0 Å². The zero-order chi connectivity index (χ0) is 13.6. The molecule has 100 valence electrons. The first-order chi connectivity index (χ1) is 9.10. The van der Waals surface area contributed by atoms with Crippen LogP contribution in [0.3, 0.4) is 0 Å². The third-order valence-electron chi connectivity index (χ3n) is 4.38. The number of nitrogens with zero attached hydrogens (tertiary/aromatic N) is 3. The highest BCUT2D eigenvalue weighted by Gasteiger charge is 2.41. The van der Waals surface area contributed by atoms with Crippen molar-refractivity contribution < 1.29 is 0 Å². The summed E-state index contributed by atoms with van der Waals surface area (Å²) in [7, 11) is 0. The largest absolute Gasteiger partial charge is 0.354 e. The maximum atomic E-state index is 9.36. The smallest absolute Gasteiger partial charge is 0.147 e. The molecule has 2 fully saturated rings. The van der Waals surface area contributed by atoms with Gasteiger partial charge in [0.05, 0.1) is 5.56 Å². The quantitative estimate of drug-likeness (QED) is 0.875. The van der Waals surface area contributed by atoms with Crippen LogP contribution >= 0.6 is 0 Å². The molecule has 4 nitrogen and oxygen atoms in total. The maximum absolute atomic E-state index is 9.36. The van der Waals surface area contributed by atoms with Crippen molar-refractivity contribution in [1.29, 1.82) is 5.26 Å². The lowest BCUT2D eigenvalue weighted by Gasteiger charge is -2.20. The van der Waals surface area contributed by atoms with Crippen molar-refractivity contribution >= 4 is 5.82 Å². The van der Waals surface area contributed by atoms with Gasteiger partial charge in [-0.15, -0.1) is 0 Å². The first-order valence-electron chi connectivity index (χ1n) is 6.99. The number of nitriles is 1. The van der Waals surface area contributed by atoms with E-state index in [0.717, 1.165) is 36.1 Å². The van der Waals surface area contributed by atoms with E-state index >= 15 is 0 Å². The van der Waals surface area contributed by atoms with E-state index in [2.05, 4.69) is 16.0 Å². The van der Waals surface area contributed by atoms with Gasteiger partial charge in [-0.25, -0.2) is 4.98 Å². The van der Waals surface area contributed by atoms with E-state index in [-0.39, 0.29) is 6.04 Å².